The maximum absolute atomic E-state index is 13.8. The Balaban J connectivity index is 1.50. The summed E-state index contributed by atoms with van der Waals surface area (Å²) in [4.78, 5) is 30.2. The summed E-state index contributed by atoms with van der Waals surface area (Å²) in [6.45, 7) is 4.64. The number of aryl methyl sites for hydroxylation is 1. The van der Waals surface area contributed by atoms with Crippen LogP contribution in [0.4, 0.5) is 0 Å². The molecule has 172 valence electrons. The molecule has 2 aliphatic rings. The fraction of sp³-hybridized carbons (Fsp3) is 0.423. The Bertz CT molecular complexity index is 1150. The number of benzene rings is 1. The molecule has 3 heterocycles. The topological polar surface area (TPSA) is 67.2 Å². The second-order valence-electron chi connectivity index (χ2n) is 9.51. The third-order valence-electron chi connectivity index (χ3n) is 6.96. The van der Waals surface area contributed by atoms with Crippen LogP contribution in [0.2, 0.25) is 0 Å². The molecule has 1 aromatic carbocycles. The van der Waals surface area contributed by atoms with Gasteiger partial charge in [0.2, 0.25) is 5.91 Å². The lowest BCUT2D eigenvalue weighted by Crippen LogP contribution is -2.64. The van der Waals surface area contributed by atoms with Crippen molar-refractivity contribution in [1.29, 1.82) is 0 Å². The molecule has 0 saturated heterocycles. The minimum absolute atomic E-state index is 0.0892. The van der Waals surface area contributed by atoms with Crippen LogP contribution in [0.5, 0.6) is 0 Å². The normalized spacial score (nSPS) is 21.2. The zero-order valence-corrected chi connectivity index (χ0v) is 20.0. The van der Waals surface area contributed by atoms with Crippen LogP contribution >= 0.6 is 11.3 Å². The predicted molar refractivity (Wildman–Crippen MR) is 130 cm³/mol. The number of hydrogen-bond acceptors (Lipinski definition) is 4. The van der Waals surface area contributed by atoms with Gasteiger partial charge >= 0.3 is 0 Å². The molecule has 1 aliphatic heterocycles. The van der Waals surface area contributed by atoms with E-state index in [-0.39, 0.29) is 17.9 Å². The van der Waals surface area contributed by atoms with Gasteiger partial charge in [0, 0.05) is 12.6 Å². The number of hydrogen-bond donors (Lipinski definition) is 1. The van der Waals surface area contributed by atoms with Gasteiger partial charge in [-0.3, -0.25) is 14.3 Å². The molecule has 1 saturated carbocycles. The Morgan fingerprint density at radius 3 is 2.64 bits per heavy atom. The first-order valence-electron chi connectivity index (χ1n) is 11.7. The fourth-order valence-electron chi connectivity index (χ4n) is 4.90. The summed E-state index contributed by atoms with van der Waals surface area (Å²) < 4.78 is 1.73. The average Bonchev–Trinajstić information content (AvgIpc) is 3.48. The summed E-state index contributed by atoms with van der Waals surface area (Å²) in [5, 5.41) is 9.99. The molecule has 0 bridgehead atoms. The highest BCUT2D eigenvalue weighted by molar-refractivity contribution is 7.13. The molecule has 33 heavy (non-hydrogen) atoms. The smallest absolute Gasteiger partial charge is 0.273 e. The molecule has 0 unspecified atom stereocenters. The molecule has 3 aromatic rings. The lowest BCUT2D eigenvalue weighted by Gasteiger charge is -2.44. The van der Waals surface area contributed by atoms with Gasteiger partial charge in [-0.15, -0.1) is 11.3 Å². The van der Waals surface area contributed by atoms with Gasteiger partial charge in [0.1, 0.15) is 16.9 Å². The number of nitrogens with zero attached hydrogens (tertiary/aromatic N) is 3. The number of rotatable bonds is 5. The number of aromatic nitrogens is 2. The van der Waals surface area contributed by atoms with E-state index in [1.54, 1.807) is 20.9 Å². The molecule has 2 amide bonds. The number of carbonyl (C=O) groups excluding carboxylic acids is 2. The highest BCUT2D eigenvalue weighted by Crippen LogP contribution is 2.33. The lowest BCUT2D eigenvalue weighted by atomic mass is 9.91. The standard InChI is InChI=1S/C26H30N4O2S/c1-18-10-12-19(13-11-18)16-29-24(31)22-15-21(23-9-6-14-33-23)28-30(22)17-26(29,2)25(32)27-20-7-4-3-5-8-20/h6,9-15,20H,3-5,7-8,16-17H2,1-2H3,(H,27,32)/t26-/m1/s1. The summed E-state index contributed by atoms with van der Waals surface area (Å²) in [6.07, 6.45) is 5.51. The van der Waals surface area contributed by atoms with E-state index in [0.29, 0.717) is 18.8 Å². The predicted octanol–water partition coefficient (Wildman–Crippen LogP) is 4.78. The van der Waals surface area contributed by atoms with Crippen LogP contribution in [0.25, 0.3) is 10.6 Å². The average molecular weight is 463 g/mol. The first kappa shape index (κ1) is 21.9. The van der Waals surface area contributed by atoms with Crippen molar-refractivity contribution in [3.63, 3.8) is 0 Å². The van der Waals surface area contributed by atoms with E-state index in [1.165, 1.54) is 12.0 Å². The number of amides is 2. The molecule has 1 fully saturated rings. The van der Waals surface area contributed by atoms with E-state index in [9.17, 15) is 9.59 Å². The van der Waals surface area contributed by atoms with Crippen LogP contribution in [0.1, 0.15) is 60.6 Å². The summed E-state index contributed by atoms with van der Waals surface area (Å²) in [6, 6.07) is 14.2. The van der Waals surface area contributed by atoms with Crippen LogP contribution in [0.3, 0.4) is 0 Å². The van der Waals surface area contributed by atoms with Crippen molar-refractivity contribution in [2.45, 2.75) is 70.6 Å². The van der Waals surface area contributed by atoms with E-state index < -0.39 is 5.54 Å². The maximum Gasteiger partial charge on any atom is 0.273 e. The van der Waals surface area contributed by atoms with Gasteiger partial charge in [0.25, 0.3) is 5.91 Å². The van der Waals surface area contributed by atoms with Gasteiger partial charge in [-0.25, -0.2) is 0 Å². The largest absolute Gasteiger partial charge is 0.351 e. The molecular weight excluding hydrogens is 432 g/mol. The molecule has 1 aliphatic carbocycles. The van der Waals surface area contributed by atoms with Crippen LogP contribution in [-0.4, -0.2) is 38.1 Å². The van der Waals surface area contributed by atoms with Crippen molar-refractivity contribution in [2.75, 3.05) is 0 Å². The zero-order chi connectivity index (χ0) is 23.0. The third kappa shape index (κ3) is 4.22. The van der Waals surface area contributed by atoms with Crippen molar-refractivity contribution < 1.29 is 9.59 Å². The minimum atomic E-state index is -1.02. The van der Waals surface area contributed by atoms with E-state index >= 15 is 0 Å². The molecule has 2 aromatic heterocycles. The zero-order valence-electron chi connectivity index (χ0n) is 19.2. The maximum atomic E-state index is 13.8. The summed E-state index contributed by atoms with van der Waals surface area (Å²) >= 11 is 1.59. The summed E-state index contributed by atoms with van der Waals surface area (Å²) in [5.41, 5.74) is 2.47. The van der Waals surface area contributed by atoms with Gasteiger partial charge in [0.15, 0.2) is 0 Å². The second-order valence-corrected chi connectivity index (χ2v) is 10.5. The van der Waals surface area contributed by atoms with E-state index in [1.807, 2.05) is 61.7 Å². The Labute approximate surface area is 198 Å². The van der Waals surface area contributed by atoms with Gasteiger partial charge in [-0.2, -0.15) is 5.10 Å². The molecular formula is C26H30N4O2S. The van der Waals surface area contributed by atoms with Crippen LogP contribution in [0.15, 0.2) is 47.8 Å². The quantitative estimate of drug-likeness (QED) is 0.593. The first-order valence-corrected chi connectivity index (χ1v) is 12.6. The van der Waals surface area contributed by atoms with E-state index in [4.69, 9.17) is 5.10 Å². The Hall–Kier alpha value is -2.93. The van der Waals surface area contributed by atoms with E-state index in [0.717, 1.165) is 41.8 Å². The van der Waals surface area contributed by atoms with Gasteiger partial charge in [-0.05, 0) is 49.8 Å². The number of nitrogens with one attached hydrogen (secondary N) is 1. The molecule has 6 nitrogen and oxygen atoms in total. The number of carbonyl (C=O) groups is 2. The molecule has 0 spiro atoms. The van der Waals surface area contributed by atoms with Gasteiger partial charge in [0.05, 0.1) is 11.4 Å². The van der Waals surface area contributed by atoms with Crippen LogP contribution in [0, 0.1) is 6.92 Å². The van der Waals surface area contributed by atoms with Crippen molar-refractivity contribution >= 4 is 23.2 Å². The SMILES string of the molecule is Cc1ccc(CN2C(=O)c3cc(-c4cccs4)nn3C[C@]2(C)C(=O)NC2CCCCC2)cc1. The monoisotopic (exact) mass is 462 g/mol. The molecule has 1 N–H and O–H groups in total. The first-order chi connectivity index (χ1) is 15.9. The highest BCUT2D eigenvalue weighted by atomic mass is 32.1. The Morgan fingerprint density at radius 2 is 1.94 bits per heavy atom. The van der Waals surface area contributed by atoms with Crippen LogP contribution < -0.4 is 5.32 Å². The van der Waals surface area contributed by atoms with Gasteiger partial charge in [-0.1, -0.05) is 55.2 Å². The van der Waals surface area contributed by atoms with Crippen LogP contribution in [-0.2, 0) is 17.9 Å². The Kier molecular flexibility index (Phi) is 5.83. The third-order valence-corrected chi connectivity index (χ3v) is 7.85. The molecule has 1 atom stereocenters. The fourth-order valence-corrected chi connectivity index (χ4v) is 5.58. The highest BCUT2D eigenvalue weighted by Gasteiger charge is 2.48. The minimum Gasteiger partial charge on any atom is -0.351 e. The van der Waals surface area contributed by atoms with E-state index in [2.05, 4.69) is 5.32 Å². The number of thiophene rings is 1. The van der Waals surface area contributed by atoms with Crippen molar-refractivity contribution in [2.24, 2.45) is 0 Å². The van der Waals surface area contributed by atoms with Crippen molar-refractivity contribution in [3.05, 3.63) is 64.7 Å². The Morgan fingerprint density at radius 1 is 1.18 bits per heavy atom. The number of fused-ring (bicyclic) bond motifs is 1. The molecule has 5 rings (SSSR count). The molecule has 7 heteroatoms. The lowest BCUT2D eigenvalue weighted by molar-refractivity contribution is -0.134. The summed E-state index contributed by atoms with van der Waals surface area (Å²) in [5.74, 6) is -0.243. The van der Waals surface area contributed by atoms with Crippen molar-refractivity contribution in [3.8, 4) is 10.6 Å². The van der Waals surface area contributed by atoms with Crippen molar-refractivity contribution in [1.82, 2.24) is 20.0 Å². The molecule has 0 radical (unpaired) electrons. The second kappa shape index (κ2) is 8.78. The van der Waals surface area contributed by atoms with Gasteiger partial charge < -0.3 is 10.2 Å². The summed E-state index contributed by atoms with van der Waals surface area (Å²) in [7, 11) is 0.